The van der Waals surface area contributed by atoms with E-state index in [0.717, 1.165) is 0 Å². The van der Waals surface area contributed by atoms with E-state index in [4.69, 9.17) is 4.42 Å². The van der Waals surface area contributed by atoms with Crippen molar-refractivity contribution in [1.29, 1.82) is 0 Å². The average molecular weight is 258 g/mol. The minimum Gasteiger partial charge on any atom is -0.456 e. The summed E-state index contributed by atoms with van der Waals surface area (Å²) in [5, 5.41) is 0.533. The lowest BCUT2D eigenvalue weighted by atomic mass is 10.1. The Morgan fingerprint density at radius 3 is 2.16 bits per heavy atom. The van der Waals surface area contributed by atoms with E-state index >= 15 is 0 Å². The molecule has 1 aromatic heterocycles. The van der Waals surface area contributed by atoms with Crippen molar-refractivity contribution in [2.45, 2.75) is 27.7 Å². The minimum absolute atomic E-state index is 0.0904. The molecule has 0 aromatic carbocycles. The second kappa shape index (κ2) is 8.92. The van der Waals surface area contributed by atoms with Gasteiger partial charge < -0.3 is 4.42 Å². The van der Waals surface area contributed by atoms with Crippen LogP contribution in [0.5, 0.6) is 0 Å². The van der Waals surface area contributed by atoms with Gasteiger partial charge in [-0.1, -0.05) is 45.2 Å². The molecule has 1 heterocycles. The molecule has 0 aliphatic heterocycles. The predicted molar refractivity (Wildman–Crippen MR) is 85.2 cm³/mol. The molecule has 0 saturated carbocycles. The lowest BCUT2D eigenvalue weighted by Crippen LogP contribution is -2.40. The highest BCUT2D eigenvalue weighted by Crippen LogP contribution is 2.02. The van der Waals surface area contributed by atoms with Crippen molar-refractivity contribution in [1.82, 2.24) is 0 Å². The molecule has 0 saturated heterocycles. The van der Waals surface area contributed by atoms with Gasteiger partial charge in [-0.15, -0.1) is 0 Å². The van der Waals surface area contributed by atoms with Crippen LogP contribution < -0.4 is 16.1 Å². The van der Waals surface area contributed by atoms with Crippen LogP contribution in [0.25, 0.3) is 24.3 Å². The Kier molecular flexibility index (Phi) is 7.94. The van der Waals surface area contributed by atoms with Crippen molar-refractivity contribution < 1.29 is 4.42 Å². The topological polar surface area (TPSA) is 30.2 Å². The van der Waals surface area contributed by atoms with Gasteiger partial charge in [0.2, 0.25) is 0 Å². The van der Waals surface area contributed by atoms with Gasteiger partial charge in [-0.3, -0.25) is 4.79 Å². The van der Waals surface area contributed by atoms with E-state index in [1.165, 1.54) is 12.2 Å². The van der Waals surface area contributed by atoms with Crippen LogP contribution in [0.4, 0.5) is 0 Å². The standard InChI is InChI=1S/C15H16O2.C2H6/c1-5-9-10-12-14(8-4)17-13(7-3)11(6-2)15(12)16;1-2/h5-10H,2-3H2,1,4H3;1-2H3/b9-5-,12-10+,14-8+;. The highest BCUT2D eigenvalue weighted by Gasteiger charge is 2.05. The molecule has 0 amide bonds. The molecule has 0 unspecified atom stereocenters. The van der Waals surface area contributed by atoms with Gasteiger partial charge in [0.15, 0.2) is 5.43 Å². The smallest absolute Gasteiger partial charge is 0.200 e. The summed E-state index contributed by atoms with van der Waals surface area (Å²) in [5.74, 6) is 0.454. The van der Waals surface area contributed by atoms with Crippen LogP contribution in [0, 0.1) is 0 Å². The fraction of sp³-hybridized carbons (Fsp3) is 0.235. The van der Waals surface area contributed by atoms with Crippen LogP contribution >= 0.6 is 0 Å². The molecular weight excluding hydrogens is 236 g/mol. The first-order valence-electron chi connectivity index (χ1n) is 6.40. The van der Waals surface area contributed by atoms with Crippen LogP contribution in [0.1, 0.15) is 39.0 Å². The van der Waals surface area contributed by atoms with Crippen LogP contribution in [-0.4, -0.2) is 0 Å². The van der Waals surface area contributed by atoms with Crippen LogP contribution in [0.3, 0.4) is 0 Å². The zero-order valence-corrected chi connectivity index (χ0v) is 12.2. The Bertz CT molecular complexity index is 628. The van der Waals surface area contributed by atoms with Gasteiger partial charge in [0, 0.05) is 0 Å². The first-order chi connectivity index (χ1) is 9.19. The van der Waals surface area contributed by atoms with Crippen LogP contribution in [0.2, 0.25) is 0 Å². The van der Waals surface area contributed by atoms with E-state index < -0.39 is 0 Å². The maximum atomic E-state index is 12.2. The molecular formula is C17H22O2. The molecule has 0 radical (unpaired) electrons. The Morgan fingerprint density at radius 2 is 1.74 bits per heavy atom. The monoisotopic (exact) mass is 258 g/mol. The van der Waals surface area contributed by atoms with Crippen molar-refractivity contribution in [2.75, 3.05) is 0 Å². The Hall–Kier alpha value is -2.09. The van der Waals surface area contributed by atoms with E-state index in [1.54, 1.807) is 18.2 Å². The van der Waals surface area contributed by atoms with E-state index in [-0.39, 0.29) is 5.43 Å². The zero-order valence-electron chi connectivity index (χ0n) is 12.2. The second-order valence-electron chi connectivity index (χ2n) is 3.38. The molecule has 0 atom stereocenters. The number of rotatable bonds is 3. The Labute approximate surface area is 114 Å². The summed E-state index contributed by atoms with van der Waals surface area (Å²) in [6.45, 7) is 15.0. The number of allylic oxidation sites excluding steroid dienone is 2. The fourth-order valence-corrected chi connectivity index (χ4v) is 1.51. The third-order valence-corrected chi connectivity index (χ3v) is 2.35. The Balaban J connectivity index is 0.00000154. The highest BCUT2D eigenvalue weighted by molar-refractivity contribution is 5.59. The van der Waals surface area contributed by atoms with Crippen molar-refractivity contribution in [3.63, 3.8) is 0 Å². The molecule has 2 nitrogen and oxygen atoms in total. The summed E-state index contributed by atoms with van der Waals surface area (Å²) < 4.78 is 5.60. The second-order valence-corrected chi connectivity index (χ2v) is 3.38. The summed E-state index contributed by atoms with van der Waals surface area (Å²) in [5.41, 5.74) is 0.905. The van der Waals surface area contributed by atoms with Gasteiger partial charge in [0.05, 0.1) is 10.8 Å². The van der Waals surface area contributed by atoms with E-state index in [0.29, 0.717) is 22.0 Å². The van der Waals surface area contributed by atoms with E-state index in [2.05, 4.69) is 13.2 Å². The van der Waals surface area contributed by atoms with Crippen molar-refractivity contribution >= 4 is 24.3 Å². The highest BCUT2D eigenvalue weighted by atomic mass is 16.3. The lowest BCUT2D eigenvalue weighted by molar-refractivity contribution is 0.496. The first-order valence-corrected chi connectivity index (χ1v) is 6.40. The fourth-order valence-electron chi connectivity index (χ4n) is 1.51. The zero-order chi connectivity index (χ0) is 14.8. The quantitative estimate of drug-likeness (QED) is 0.834. The molecule has 19 heavy (non-hydrogen) atoms. The van der Waals surface area contributed by atoms with Crippen molar-refractivity contribution in [2.24, 2.45) is 0 Å². The van der Waals surface area contributed by atoms with Crippen LogP contribution in [-0.2, 0) is 0 Å². The van der Waals surface area contributed by atoms with Gasteiger partial charge in [-0.05, 0) is 32.1 Å². The number of hydrogen-bond acceptors (Lipinski definition) is 2. The summed E-state index contributed by atoms with van der Waals surface area (Å²) in [6.07, 6.45) is 10.2. The third kappa shape index (κ3) is 3.95. The molecule has 0 aliphatic carbocycles. The minimum atomic E-state index is -0.0904. The summed E-state index contributed by atoms with van der Waals surface area (Å²) in [7, 11) is 0. The Morgan fingerprint density at radius 1 is 1.11 bits per heavy atom. The van der Waals surface area contributed by atoms with Crippen LogP contribution in [0.15, 0.2) is 34.5 Å². The van der Waals surface area contributed by atoms with Gasteiger partial charge in [-0.25, -0.2) is 0 Å². The predicted octanol–water partition coefficient (Wildman–Crippen LogP) is 3.11. The molecule has 0 aliphatic rings. The van der Waals surface area contributed by atoms with Gasteiger partial charge in [0.1, 0.15) is 11.2 Å². The summed E-state index contributed by atoms with van der Waals surface area (Å²) in [4.78, 5) is 12.2. The average Bonchev–Trinajstić information content (AvgIpc) is 2.47. The molecule has 0 spiro atoms. The third-order valence-electron chi connectivity index (χ3n) is 2.35. The SMILES string of the molecule is C=Cc1oc(=C/C)/c(=C\C=C/C)c(=O)c1C=C.CC. The number of hydrogen-bond donors (Lipinski definition) is 0. The van der Waals surface area contributed by atoms with Crippen molar-refractivity contribution in [3.8, 4) is 0 Å². The van der Waals surface area contributed by atoms with E-state index in [9.17, 15) is 4.79 Å². The summed E-state index contributed by atoms with van der Waals surface area (Å²) in [6, 6.07) is 0. The maximum Gasteiger partial charge on any atom is 0.200 e. The van der Waals surface area contributed by atoms with E-state index in [1.807, 2.05) is 33.8 Å². The maximum absolute atomic E-state index is 12.2. The lowest BCUT2D eigenvalue weighted by Gasteiger charge is -1.99. The largest absolute Gasteiger partial charge is 0.456 e. The van der Waals surface area contributed by atoms with Crippen molar-refractivity contribution in [3.05, 3.63) is 57.5 Å². The molecule has 0 N–H and O–H groups in total. The molecule has 2 heteroatoms. The van der Waals surface area contributed by atoms with Gasteiger partial charge >= 0.3 is 0 Å². The molecule has 1 aromatic rings. The molecule has 102 valence electrons. The van der Waals surface area contributed by atoms with Gasteiger partial charge in [0.25, 0.3) is 0 Å². The first kappa shape index (κ1) is 16.9. The summed E-state index contributed by atoms with van der Waals surface area (Å²) >= 11 is 0. The normalized spacial score (nSPS) is 12.2. The molecule has 0 bridgehead atoms. The molecule has 1 rings (SSSR count). The molecule has 0 fully saturated rings. The van der Waals surface area contributed by atoms with Gasteiger partial charge in [-0.2, -0.15) is 0 Å².